The fraction of sp³-hybridized carbons (Fsp3) is 0.154. The smallest absolute Gasteiger partial charge is 0.276 e. The van der Waals surface area contributed by atoms with Crippen molar-refractivity contribution < 1.29 is 4.79 Å². The molecule has 0 radical (unpaired) electrons. The van der Waals surface area contributed by atoms with E-state index in [0.29, 0.717) is 11.2 Å². The number of rotatable bonds is 2. The van der Waals surface area contributed by atoms with Crippen LogP contribution in [0.3, 0.4) is 0 Å². The van der Waals surface area contributed by atoms with Crippen LogP contribution in [0.5, 0.6) is 0 Å². The van der Waals surface area contributed by atoms with E-state index in [0.717, 1.165) is 5.52 Å². The SMILES string of the molecule is CNC(=O)Cn1c(=O)c2cccn2c2cccnc21. The van der Waals surface area contributed by atoms with Gasteiger partial charge in [0.15, 0.2) is 5.65 Å². The lowest BCUT2D eigenvalue weighted by molar-refractivity contribution is -0.121. The molecular weight excluding hydrogens is 244 g/mol. The second-order valence-corrected chi connectivity index (χ2v) is 4.17. The highest BCUT2D eigenvalue weighted by atomic mass is 16.2. The third-order valence-corrected chi connectivity index (χ3v) is 3.07. The van der Waals surface area contributed by atoms with E-state index in [4.69, 9.17) is 0 Å². The number of nitrogens with one attached hydrogen (secondary N) is 1. The molecule has 0 unspecified atom stereocenters. The molecule has 6 heteroatoms. The molecule has 0 atom stereocenters. The van der Waals surface area contributed by atoms with Crippen LogP contribution in [0.1, 0.15) is 0 Å². The first kappa shape index (κ1) is 11.5. The molecule has 0 aliphatic carbocycles. The molecule has 3 aromatic rings. The molecule has 0 bridgehead atoms. The molecule has 0 aromatic carbocycles. The molecule has 3 aromatic heterocycles. The normalized spacial score (nSPS) is 11.0. The molecule has 6 nitrogen and oxygen atoms in total. The number of likely N-dealkylation sites (N-methyl/N-ethyl adjacent to an activating group) is 1. The lowest BCUT2D eigenvalue weighted by atomic mass is 10.3. The van der Waals surface area contributed by atoms with Gasteiger partial charge in [0.2, 0.25) is 5.91 Å². The predicted octanol–water partition coefficient (Wildman–Crippen LogP) is 0.395. The number of pyridine rings is 1. The Hall–Kier alpha value is -2.63. The second-order valence-electron chi connectivity index (χ2n) is 4.17. The molecule has 0 aliphatic rings. The molecule has 3 heterocycles. The van der Waals surface area contributed by atoms with Crippen LogP contribution in [-0.2, 0) is 11.3 Å². The summed E-state index contributed by atoms with van der Waals surface area (Å²) in [5, 5.41) is 2.51. The Morgan fingerprint density at radius 3 is 2.89 bits per heavy atom. The van der Waals surface area contributed by atoms with Crippen molar-refractivity contribution in [3.8, 4) is 0 Å². The van der Waals surface area contributed by atoms with Crippen molar-refractivity contribution in [2.75, 3.05) is 7.05 Å². The average molecular weight is 256 g/mol. The maximum absolute atomic E-state index is 12.4. The Morgan fingerprint density at radius 2 is 2.11 bits per heavy atom. The molecule has 0 spiro atoms. The standard InChI is InChI=1S/C13H12N4O2/c1-14-11(18)8-17-12-9(4-2-6-15-12)16-7-3-5-10(16)13(17)19/h2-7H,8H2,1H3,(H,14,18). The number of hydrogen-bond acceptors (Lipinski definition) is 3. The summed E-state index contributed by atoms with van der Waals surface area (Å²) >= 11 is 0. The van der Waals surface area contributed by atoms with Crippen LogP contribution in [0.25, 0.3) is 16.7 Å². The maximum atomic E-state index is 12.4. The summed E-state index contributed by atoms with van der Waals surface area (Å²) in [5.74, 6) is -0.232. The number of hydrogen-bond donors (Lipinski definition) is 1. The fourth-order valence-electron chi connectivity index (χ4n) is 2.15. The minimum atomic E-state index is -0.232. The Morgan fingerprint density at radius 1 is 1.32 bits per heavy atom. The van der Waals surface area contributed by atoms with Gasteiger partial charge in [0, 0.05) is 19.4 Å². The highest BCUT2D eigenvalue weighted by Crippen LogP contribution is 2.12. The minimum absolute atomic E-state index is 0.0372. The van der Waals surface area contributed by atoms with E-state index >= 15 is 0 Å². The largest absolute Gasteiger partial charge is 0.358 e. The van der Waals surface area contributed by atoms with Crippen molar-refractivity contribution in [1.82, 2.24) is 19.3 Å². The number of carbonyl (C=O) groups excluding carboxylic acids is 1. The zero-order valence-electron chi connectivity index (χ0n) is 10.3. The number of fused-ring (bicyclic) bond motifs is 3. The van der Waals surface area contributed by atoms with Gasteiger partial charge in [-0.2, -0.15) is 0 Å². The lowest BCUT2D eigenvalue weighted by Gasteiger charge is -2.10. The fourth-order valence-corrected chi connectivity index (χ4v) is 2.15. The zero-order chi connectivity index (χ0) is 13.4. The number of nitrogens with zero attached hydrogens (tertiary/aromatic N) is 3. The van der Waals surface area contributed by atoms with Crippen molar-refractivity contribution in [3.05, 3.63) is 47.0 Å². The van der Waals surface area contributed by atoms with Gasteiger partial charge in [-0.25, -0.2) is 4.98 Å². The first-order chi connectivity index (χ1) is 9.22. The first-order valence-corrected chi connectivity index (χ1v) is 5.87. The van der Waals surface area contributed by atoms with E-state index in [9.17, 15) is 9.59 Å². The molecular formula is C13H12N4O2. The molecule has 96 valence electrons. The molecule has 3 rings (SSSR count). The number of aromatic nitrogens is 3. The summed E-state index contributed by atoms with van der Waals surface area (Å²) < 4.78 is 3.18. The van der Waals surface area contributed by atoms with E-state index < -0.39 is 0 Å². The summed E-state index contributed by atoms with van der Waals surface area (Å²) in [6.07, 6.45) is 3.42. The minimum Gasteiger partial charge on any atom is -0.358 e. The van der Waals surface area contributed by atoms with Gasteiger partial charge < -0.3 is 9.72 Å². The predicted molar refractivity (Wildman–Crippen MR) is 71.0 cm³/mol. The summed E-state index contributed by atoms with van der Waals surface area (Å²) in [7, 11) is 1.54. The summed E-state index contributed by atoms with van der Waals surface area (Å²) in [5.41, 5.74) is 1.61. The van der Waals surface area contributed by atoms with E-state index in [1.807, 2.05) is 12.3 Å². The molecule has 0 fully saturated rings. The molecule has 0 saturated heterocycles. The number of carbonyl (C=O) groups is 1. The van der Waals surface area contributed by atoms with Gasteiger partial charge in [0.05, 0.1) is 5.52 Å². The van der Waals surface area contributed by atoms with Crippen LogP contribution in [0.15, 0.2) is 41.5 Å². The Labute approximate surface area is 108 Å². The highest BCUT2D eigenvalue weighted by molar-refractivity contribution is 5.80. The van der Waals surface area contributed by atoms with Gasteiger partial charge in [0.1, 0.15) is 12.1 Å². The third kappa shape index (κ3) is 1.69. The van der Waals surface area contributed by atoms with Crippen LogP contribution < -0.4 is 10.9 Å². The average Bonchev–Trinajstić information content (AvgIpc) is 2.93. The maximum Gasteiger partial charge on any atom is 0.276 e. The van der Waals surface area contributed by atoms with Crippen molar-refractivity contribution in [2.24, 2.45) is 0 Å². The van der Waals surface area contributed by atoms with Crippen LogP contribution >= 0.6 is 0 Å². The van der Waals surface area contributed by atoms with E-state index in [1.54, 1.807) is 35.8 Å². The van der Waals surface area contributed by atoms with Gasteiger partial charge >= 0.3 is 0 Å². The summed E-state index contributed by atoms with van der Waals surface area (Å²) in [4.78, 5) is 28.1. The van der Waals surface area contributed by atoms with Gasteiger partial charge in [0.25, 0.3) is 5.56 Å². The van der Waals surface area contributed by atoms with Gasteiger partial charge in [-0.05, 0) is 24.3 Å². The van der Waals surface area contributed by atoms with Crippen LogP contribution in [0, 0.1) is 0 Å². The summed E-state index contributed by atoms with van der Waals surface area (Å²) in [6, 6.07) is 7.20. The van der Waals surface area contributed by atoms with Crippen molar-refractivity contribution >= 4 is 22.6 Å². The monoisotopic (exact) mass is 256 g/mol. The van der Waals surface area contributed by atoms with E-state index in [2.05, 4.69) is 10.3 Å². The molecule has 0 aliphatic heterocycles. The topological polar surface area (TPSA) is 68.4 Å². The van der Waals surface area contributed by atoms with E-state index in [1.165, 1.54) is 4.57 Å². The molecule has 1 N–H and O–H groups in total. The number of amides is 1. The third-order valence-electron chi connectivity index (χ3n) is 3.07. The van der Waals surface area contributed by atoms with Gasteiger partial charge in [-0.15, -0.1) is 0 Å². The second kappa shape index (κ2) is 4.24. The Bertz CT molecular complexity index is 831. The van der Waals surface area contributed by atoms with Crippen molar-refractivity contribution in [1.29, 1.82) is 0 Å². The van der Waals surface area contributed by atoms with Crippen molar-refractivity contribution in [3.63, 3.8) is 0 Å². The molecule has 0 saturated carbocycles. The van der Waals surface area contributed by atoms with Crippen molar-refractivity contribution in [2.45, 2.75) is 6.54 Å². The van der Waals surface area contributed by atoms with Crippen LogP contribution in [-0.4, -0.2) is 26.9 Å². The van der Waals surface area contributed by atoms with Gasteiger partial charge in [-0.1, -0.05) is 0 Å². The molecule has 19 heavy (non-hydrogen) atoms. The summed E-state index contributed by atoms with van der Waals surface area (Å²) in [6.45, 7) is -0.0372. The van der Waals surface area contributed by atoms with Crippen LogP contribution in [0.2, 0.25) is 0 Å². The quantitative estimate of drug-likeness (QED) is 0.721. The Balaban J connectivity index is 2.42. The molecule has 1 amide bonds. The Kier molecular flexibility index (Phi) is 2.56. The van der Waals surface area contributed by atoms with E-state index in [-0.39, 0.29) is 18.0 Å². The highest BCUT2D eigenvalue weighted by Gasteiger charge is 2.12. The first-order valence-electron chi connectivity index (χ1n) is 5.87. The van der Waals surface area contributed by atoms with Crippen LogP contribution in [0.4, 0.5) is 0 Å². The zero-order valence-corrected chi connectivity index (χ0v) is 10.3. The van der Waals surface area contributed by atoms with Gasteiger partial charge in [-0.3, -0.25) is 14.2 Å². The lowest BCUT2D eigenvalue weighted by Crippen LogP contribution is -2.31.